The van der Waals surface area contributed by atoms with Gasteiger partial charge in [0, 0.05) is 30.6 Å². The van der Waals surface area contributed by atoms with E-state index in [4.69, 9.17) is 5.73 Å². The molecule has 1 fully saturated rings. The minimum atomic E-state index is -1.04. The van der Waals surface area contributed by atoms with Gasteiger partial charge in [0.15, 0.2) is 0 Å². The molecule has 26 heavy (non-hydrogen) atoms. The van der Waals surface area contributed by atoms with Crippen LogP contribution in [-0.4, -0.2) is 25.0 Å². The lowest BCUT2D eigenvalue weighted by Gasteiger charge is -2.34. The van der Waals surface area contributed by atoms with Crippen LogP contribution in [0.3, 0.4) is 0 Å². The molecule has 1 saturated carbocycles. The van der Waals surface area contributed by atoms with Crippen LogP contribution in [0.2, 0.25) is 0 Å². The topological polar surface area (TPSA) is 85.8 Å². The highest BCUT2D eigenvalue weighted by Crippen LogP contribution is 2.42. The maximum atomic E-state index is 11.3. The molecule has 1 atom stereocenters. The molecule has 1 unspecified atom stereocenters. The first-order chi connectivity index (χ1) is 12.5. The molecule has 0 aliphatic heterocycles. The first kappa shape index (κ1) is 17.2. The second-order valence-electron chi connectivity index (χ2n) is 7.11. The zero-order valence-corrected chi connectivity index (χ0v) is 15.8. The third-order valence-corrected chi connectivity index (χ3v) is 5.65. The summed E-state index contributed by atoms with van der Waals surface area (Å²) >= 11 is 0. The Hall–Kier alpha value is -2.25. The van der Waals surface area contributed by atoms with Crippen LogP contribution >= 0.6 is 0 Å². The number of nitrogen functional groups attached to an aromatic ring is 1. The summed E-state index contributed by atoms with van der Waals surface area (Å²) in [7, 11) is -1.04. The van der Waals surface area contributed by atoms with E-state index in [9.17, 15) is 4.21 Å². The number of benzene rings is 1. The van der Waals surface area contributed by atoms with Gasteiger partial charge in [-0.25, -0.2) is 18.9 Å². The molecule has 6 nitrogen and oxygen atoms in total. The molecule has 0 amide bonds. The lowest BCUT2D eigenvalue weighted by atomic mass is 9.82. The van der Waals surface area contributed by atoms with Crippen LogP contribution < -0.4 is 10.5 Å². The second kappa shape index (κ2) is 6.81. The van der Waals surface area contributed by atoms with Gasteiger partial charge in [0.25, 0.3) is 0 Å². The Bertz CT molecular complexity index is 977. The van der Waals surface area contributed by atoms with Crippen molar-refractivity contribution >= 4 is 27.8 Å². The molecule has 3 aromatic rings. The van der Waals surface area contributed by atoms with Crippen molar-refractivity contribution in [3.8, 4) is 11.1 Å². The highest BCUT2D eigenvalue weighted by atomic mass is 32.2. The van der Waals surface area contributed by atoms with Gasteiger partial charge in [-0.3, -0.25) is 0 Å². The largest absolute Gasteiger partial charge is 0.383 e. The average molecular weight is 369 g/mol. The smallest absolute Gasteiger partial charge is 0.146 e. The van der Waals surface area contributed by atoms with Gasteiger partial charge in [-0.15, -0.1) is 0 Å². The lowest BCUT2D eigenvalue weighted by molar-refractivity contribution is 0.220. The summed E-state index contributed by atoms with van der Waals surface area (Å²) in [5.74, 6) is 1.26. The number of hydrogen-bond acceptors (Lipinski definition) is 4. The maximum Gasteiger partial charge on any atom is 0.146 e. The van der Waals surface area contributed by atoms with E-state index in [2.05, 4.69) is 44.5 Å². The molecular formula is C19H23N5OS. The van der Waals surface area contributed by atoms with Crippen molar-refractivity contribution in [3.63, 3.8) is 0 Å². The van der Waals surface area contributed by atoms with Crippen LogP contribution in [0.15, 0.2) is 36.8 Å². The molecule has 1 aromatic carbocycles. The van der Waals surface area contributed by atoms with Crippen LogP contribution in [0, 0.1) is 5.92 Å². The molecule has 4 rings (SSSR count). The SMILES string of the molecule is CC1CC(n2cc(-c3cccc(CNS(C)=O)c3)c3c(N)ncnc32)C1. The predicted octanol–water partition coefficient (Wildman–Crippen LogP) is 3.03. The standard InChI is InChI=1S/C19H23N5OS/c1-12-6-15(7-12)24-10-16(17-18(20)21-11-22-19(17)24)14-5-3-4-13(8-14)9-23-26(2)25/h3-5,8,10-12,15,23H,6-7,9H2,1-2H3,(H2,20,21,22). The summed E-state index contributed by atoms with van der Waals surface area (Å²) in [6.45, 7) is 2.84. The fourth-order valence-corrected chi connectivity index (χ4v) is 4.10. The Morgan fingerprint density at radius 3 is 2.88 bits per heavy atom. The summed E-state index contributed by atoms with van der Waals surface area (Å²) in [5.41, 5.74) is 10.3. The number of aromatic nitrogens is 3. The van der Waals surface area contributed by atoms with Crippen molar-refractivity contribution in [2.45, 2.75) is 32.4 Å². The van der Waals surface area contributed by atoms with Gasteiger partial charge < -0.3 is 10.3 Å². The van der Waals surface area contributed by atoms with Crippen LogP contribution in [-0.2, 0) is 17.5 Å². The van der Waals surface area contributed by atoms with Gasteiger partial charge in [-0.05, 0) is 36.0 Å². The number of rotatable bonds is 5. The van der Waals surface area contributed by atoms with Gasteiger partial charge in [-0.2, -0.15) is 0 Å². The molecule has 1 aliphatic rings. The maximum absolute atomic E-state index is 11.3. The van der Waals surface area contributed by atoms with Gasteiger partial charge in [-0.1, -0.05) is 25.1 Å². The molecule has 136 valence electrons. The fraction of sp³-hybridized carbons (Fsp3) is 0.368. The highest BCUT2D eigenvalue weighted by Gasteiger charge is 2.29. The Morgan fingerprint density at radius 1 is 1.35 bits per heavy atom. The van der Waals surface area contributed by atoms with E-state index >= 15 is 0 Å². The van der Waals surface area contributed by atoms with Crippen LogP contribution in [0.4, 0.5) is 5.82 Å². The van der Waals surface area contributed by atoms with E-state index in [1.165, 1.54) is 19.2 Å². The summed E-state index contributed by atoms with van der Waals surface area (Å²) in [4.78, 5) is 8.73. The minimum Gasteiger partial charge on any atom is -0.383 e. The molecule has 1 aliphatic carbocycles. The second-order valence-corrected chi connectivity index (χ2v) is 8.31. The summed E-state index contributed by atoms with van der Waals surface area (Å²) in [6.07, 6.45) is 7.67. The first-order valence-corrected chi connectivity index (χ1v) is 10.4. The number of nitrogens with one attached hydrogen (secondary N) is 1. The Kier molecular flexibility index (Phi) is 4.50. The zero-order valence-electron chi connectivity index (χ0n) is 15.0. The first-order valence-electron chi connectivity index (χ1n) is 8.80. The highest BCUT2D eigenvalue weighted by molar-refractivity contribution is 7.82. The fourth-order valence-electron chi connectivity index (χ4n) is 3.73. The Morgan fingerprint density at radius 2 is 2.15 bits per heavy atom. The number of nitrogens with two attached hydrogens (primary N) is 1. The van der Waals surface area contributed by atoms with Crippen molar-refractivity contribution in [1.29, 1.82) is 0 Å². The van der Waals surface area contributed by atoms with E-state index in [-0.39, 0.29) is 0 Å². The van der Waals surface area contributed by atoms with Gasteiger partial charge in [0.2, 0.25) is 0 Å². The quantitative estimate of drug-likeness (QED) is 0.724. The molecule has 2 heterocycles. The molecule has 2 aromatic heterocycles. The molecule has 0 bridgehead atoms. The van der Waals surface area contributed by atoms with Crippen LogP contribution in [0.25, 0.3) is 22.2 Å². The van der Waals surface area contributed by atoms with Crippen LogP contribution in [0.5, 0.6) is 0 Å². The summed E-state index contributed by atoms with van der Waals surface area (Å²) in [6, 6.07) is 8.69. The summed E-state index contributed by atoms with van der Waals surface area (Å²) < 4.78 is 16.5. The Balaban J connectivity index is 1.79. The average Bonchev–Trinajstić information content (AvgIpc) is 2.98. The zero-order chi connectivity index (χ0) is 18.3. The normalized spacial score (nSPS) is 20.8. The van der Waals surface area contributed by atoms with E-state index in [1.807, 2.05) is 12.1 Å². The minimum absolute atomic E-state index is 0.475. The van der Waals surface area contributed by atoms with E-state index in [0.29, 0.717) is 18.4 Å². The summed E-state index contributed by atoms with van der Waals surface area (Å²) in [5, 5.41) is 0.913. The third kappa shape index (κ3) is 3.12. The van der Waals surface area contributed by atoms with E-state index in [1.54, 1.807) is 6.26 Å². The lowest BCUT2D eigenvalue weighted by Crippen LogP contribution is -2.24. The van der Waals surface area contributed by atoms with E-state index < -0.39 is 11.0 Å². The number of fused-ring (bicyclic) bond motifs is 1. The van der Waals surface area contributed by atoms with Gasteiger partial charge >= 0.3 is 0 Å². The van der Waals surface area contributed by atoms with Crippen LogP contribution in [0.1, 0.15) is 31.4 Å². The van der Waals surface area contributed by atoms with Gasteiger partial charge in [0.1, 0.15) is 17.8 Å². The monoisotopic (exact) mass is 369 g/mol. The van der Waals surface area contributed by atoms with Gasteiger partial charge in [0.05, 0.1) is 16.4 Å². The van der Waals surface area contributed by atoms with Crippen molar-refractivity contribution < 1.29 is 4.21 Å². The van der Waals surface area contributed by atoms with Crippen molar-refractivity contribution in [2.24, 2.45) is 5.92 Å². The molecule has 0 radical (unpaired) electrons. The predicted molar refractivity (Wildman–Crippen MR) is 106 cm³/mol. The molecular weight excluding hydrogens is 346 g/mol. The van der Waals surface area contributed by atoms with Crippen molar-refractivity contribution in [2.75, 3.05) is 12.0 Å². The molecule has 3 N–H and O–H groups in total. The number of anilines is 1. The Labute approximate surface area is 155 Å². The van der Waals surface area contributed by atoms with E-state index in [0.717, 1.165) is 33.6 Å². The number of hydrogen-bond donors (Lipinski definition) is 2. The molecule has 0 spiro atoms. The van der Waals surface area contributed by atoms with Crippen molar-refractivity contribution in [1.82, 2.24) is 19.3 Å². The molecule has 7 heteroatoms. The van der Waals surface area contributed by atoms with Crippen molar-refractivity contribution in [3.05, 3.63) is 42.4 Å². The molecule has 0 saturated heterocycles. The third-order valence-electron chi connectivity index (χ3n) is 5.10. The number of nitrogens with zero attached hydrogens (tertiary/aromatic N) is 3.